The standard InChI is InChI=1S/C18H21N5O4S/c1-25-11-7-10(8-12(26-2)15(11)24)20-16-14-17(22-18(21-16)28-3)23(9-19-14)13-5-4-6-27-13/h7-9,13,24H,4-6H2,1-3H3,(H,20,21,22). The maximum absolute atomic E-state index is 10.1. The Bertz CT molecular complexity index is 978. The van der Waals surface area contributed by atoms with Gasteiger partial charge in [0.15, 0.2) is 33.6 Å². The molecule has 2 aromatic heterocycles. The molecule has 2 N–H and O–H groups in total. The fraction of sp³-hybridized carbons (Fsp3) is 0.389. The van der Waals surface area contributed by atoms with E-state index in [1.165, 1.54) is 26.0 Å². The third-order valence-electron chi connectivity index (χ3n) is 4.54. The van der Waals surface area contributed by atoms with Crippen molar-refractivity contribution in [2.45, 2.75) is 24.2 Å². The number of phenols is 1. The second-order valence-corrected chi connectivity index (χ2v) is 6.98. The van der Waals surface area contributed by atoms with Crippen molar-refractivity contribution in [3.8, 4) is 17.2 Å². The van der Waals surface area contributed by atoms with Gasteiger partial charge in [0.25, 0.3) is 0 Å². The second-order valence-electron chi connectivity index (χ2n) is 6.21. The van der Waals surface area contributed by atoms with Gasteiger partial charge in [-0.05, 0) is 19.1 Å². The molecule has 0 radical (unpaired) electrons. The van der Waals surface area contributed by atoms with Crippen molar-refractivity contribution in [2.24, 2.45) is 0 Å². The lowest BCUT2D eigenvalue weighted by Gasteiger charge is -2.14. The van der Waals surface area contributed by atoms with Gasteiger partial charge in [-0.3, -0.25) is 4.57 Å². The zero-order valence-electron chi connectivity index (χ0n) is 15.8. The van der Waals surface area contributed by atoms with Crippen LogP contribution in [-0.2, 0) is 4.74 Å². The number of rotatable bonds is 6. The van der Waals surface area contributed by atoms with Crippen LogP contribution >= 0.6 is 11.8 Å². The van der Waals surface area contributed by atoms with Crippen LogP contribution in [0.2, 0.25) is 0 Å². The van der Waals surface area contributed by atoms with E-state index < -0.39 is 0 Å². The Hall–Kier alpha value is -2.72. The average Bonchev–Trinajstić information content (AvgIpc) is 3.38. The molecule has 1 saturated heterocycles. The Labute approximate surface area is 166 Å². The number of aromatic nitrogens is 4. The van der Waals surface area contributed by atoms with Gasteiger partial charge >= 0.3 is 0 Å². The summed E-state index contributed by atoms with van der Waals surface area (Å²) in [6.45, 7) is 0.739. The summed E-state index contributed by atoms with van der Waals surface area (Å²) in [5.74, 6) is 1.08. The molecule has 0 bridgehead atoms. The summed E-state index contributed by atoms with van der Waals surface area (Å²) in [5, 5.41) is 14.0. The van der Waals surface area contributed by atoms with Crippen LogP contribution in [0.5, 0.6) is 17.2 Å². The fourth-order valence-electron chi connectivity index (χ4n) is 3.17. The number of anilines is 2. The molecule has 1 aliphatic heterocycles. The first-order chi connectivity index (χ1) is 13.6. The number of nitrogens with zero attached hydrogens (tertiary/aromatic N) is 4. The van der Waals surface area contributed by atoms with Gasteiger partial charge in [0, 0.05) is 24.4 Å². The predicted octanol–water partition coefficient (Wildman–Crippen LogP) is 3.32. The molecule has 3 heterocycles. The van der Waals surface area contributed by atoms with Crippen LogP contribution in [0.25, 0.3) is 11.2 Å². The lowest BCUT2D eigenvalue weighted by atomic mass is 10.2. The van der Waals surface area contributed by atoms with E-state index in [9.17, 15) is 5.11 Å². The summed E-state index contributed by atoms with van der Waals surface area (Å²) in [5.41, 5.74) is 2.00. The molecule has 1 aromatic carbocycles. The number of thioether (sulfide) groups is 1. The SMILES string of the molecule is COc1cc(Nc2nc(SC)nc3c2ncn3C2CCCO2)cc(OC)c1O. The van der Waals surface area contributed by atoms with E-state index in [0.717, 1.165) is 19.4 Å². The van der Waals surface area contributed by atoms with Crippen molar-refractivity contribution < 1.29 is 19.3 Å². The first kappa shape index (κ1) is 18.6. The largest absolute Gasteiger partial charge is 0.502 e. The molecule has 0 aliphatic carbocycles. The van der Waals surface area contributed by atoms with E-state index in [-0.39, 0.29) is 12.0 Å². The third-order valence-corrected chi connectivity index (χ3v) is 5.09. The number of aromatic hydroxyl groups is 1. The quantitative estimate of drug-likeness (QED) is 0.364. The number of imidazole rings is 1. The smallest absolute Gasteiger partial charge is 0.200 e. The van der Waals surface area contributed by atoms with Gasteiger partial charge in [-0.25, -0.2) is 15.0 Å². The molecular formula is C18H21N5O4S. The van der Waals surface area contributed by atoms with Crippen LogP contribution in [0.15, 0.2) is 23.6 Å². The number of benzene rings is 1. The lowest BCUT2D eigenvalue weighted by molar-refractivity contribution is 0.0592. The minimum Gasteiger partial charge on any atom is -0.502 e. The number of hydrogen-bond acceptors (Lipinski definition) is 9. The van der Waals surface area contributed by atoms with Gasteiger partial charge in [-0.1, -0.05) is 11.8 Å². The second kappa shape index (κ2) is 7.72. The molecule has 4 rings (SSSR count). The van der Waals surface area contributed by atoms with Gasteiger partial charge in [-0.15, -0.1) is 0 Å². The zero-order chi connectivity index (χ0) is 19.7. The van der Waals surface area contributed by atoms with Crippen LogP contribution in [-0.4, -0.2) is 51.7 Å². The van der Waals surface area contributed by atoms with E-state index in [2.05, 4.69) is 20.3 Å². The number of nitrogens with one attached hydrogen (secondary N) is 1. The molecule has 9 nitrogen and oxygen atoms in total. The molecule has 0 amide bonds. The summed E-state index contributed by atoms with van der Waals surface area (Å²) >= 11 is 1.45. The highest BCUT2D eigenvalue weighted by Gasteiger charge is 2.22. The lowest BCUT2D eigenvalue weighted by Crippen LogP contribution is -2.07. The van der Waals surface area contributed by atoms with Crippen LogP contribution < -0.4 is 14.8 Å². The molecule has 1 fully saturated rings. The topological polar surface area (TPSA) is 104 Å². The Kier molecular flexibility index (Phi) is 5.14. The summed E-state index contributed by atoms with van der Waals surface area (Å²) < 4.78 is 18.2. The normalized spacial score (nSPS) is 16.5. The van der Waals surface area contributed by atoms with Crippen molar-refractivity contribution in [1.29, 1.82) is 0 Å². The van der Waals surface area contributed by atoms with Crippen molar-refractivity contribution in [3.63, 3.8) is 0 Å². The van der Waals surface area contributed by atoms with Gasteiger partial charge in [0.2, 0.25) is 5.75 Å². The summed E-state index contributed by atoms with van der Waals surface area (Å²) in [6, 6.07) is 3.34. The Balaban J connectivity index is 1.78. The number of hydrogen-bond donors (Lipinski definition) is 2. The monoisotopic (exact) mass is 403 g/mol. The van der Waals surface area contributed by atoms with Crippen molar-refractivity contribution in [1.82, 2.24) is 19.5 Å². The molecule has 3 aromatic rings. The number of phenolic OH excluding ortho intramolecular Hbond substituents is 1. The van der Waals surface area contributed by atoms with Crippen molar-refractivity contribution in [2.75, 3.05) is 32.4 Å². The molecule has 148 valence electrons. The molecule has 1 aliphatic rings. The third kappa shape index (κ3) is 3.29. The van der Waals surface area contributed by atoms with Crippen LogP contribution in [0, 0.1) is 0 Å². The summed E-state index contributed by atoms with van der Waals surface area (Å²) in [7, 11) is 2.96. The number of methoxy groups -OCH3 is 2. The molecule has 0 saturated carbocycles. The highest BCUT2D eigenvalue weighted by atomic mass is 32.2. The molecular weight excluding hydrogens is 382 g/mol. The average molecular weight is 403 g/mol. The Morgan fingerprint density at radius 1 is 1.25 bits per heavy atom. The molecule has 1 atom stereocenters. The van der Waals surface area contributed by atoms with Crippen molar-refractivity contribution in [3.05, 3.63) is 18.5 Å². The van der Waals surface area contributed by atoms with Gasteiger partial charge in [0.05, 0.1) is 20.5 Å². The zero-order valence-corrected chi connectivity index (χ0v) is 16.6. The van der Waals surface area contributed by atoms with E-state index in [1.54, 1.807) is 18.5 Å². The first-order valence-corrected chi connectivity index (χ1v) is 9.99. The molecule has 0 spiro atoms. The van der Waals surface area contributed by atoms with Crippen LogP contribution in [0.1, 0.15) is 19.1 Å². The summed E-state index contributed by atoms with van der Waals surface area (Å²) in [6.07, 6.45) is 5.55. The van der Waals surface area contributed by atoms with Gasteiger partial charge in [0.1, 0.15) is 6.23 Å². The van der Waals surface area contributed by atoms with Gasteiger partial charge in [-0.2, -0.15) is 0 Å². The van der Waals surface area contributed by atoms with Gasteiger partial charge < -0.3 is 24.6 Å². The van der Waals surface area contributed by atoms with Crippen molar-refractivity contribution >= 4 is 34.4 Å². The van der Waals surface area contributed by atoms with Crippen LogP contribution in [0.4, 0.5) is 11.5 Å². The Morgan fingerprint density at radius 2 is 2.00 bits per heavy atom. The molecule has 28 heavy (non-hydrogen) atoms. The minimum absolute atomic E-state index is 0.0590. The van der Waals surface area contributed by atoms with E-state index in [4.69, 9.17) is 14.2 Å². The maximum atomic E-state index is 10.1. The first-order valence-electron chi connectivity index (χ1n) is 8.76. The van der Waals surface area contributed by atoms with Crippen LogP contribution in [0.3, 0.4) is 0 Å². The molecule has 10 heteroatoms. The maximum Gasteiger partial charge on any atom is 0.200 e. The van der Waals surface area contributed by atoms with E-state index in [1.807, 2.05) is 10.8 Å². The fourth-order valence-corrected chi connectivity index (χ4v) is 3.53. The predicted molar refractivity (Wildman–Crippen MR) is 106 cm³/mol. The van der Waals surface area contributed by atoms with E-state index >= 15 is 0 Å². The highest BCUT2D eigenvalue weighted by Crippen LogP contribution is 2.40. The molecule has 1 unspecified atom stereocenters. The minimum atomic E-state index is -0.0594. The number of ether oxygens (including phenoxy) is 3. The highest BCUT2D eigenvalue weighted by molar-refractivity contribution is 7.98. The Morgan fingerprint density at radius 3 is 2.61 bits per heavy atom. The summed E-state index contributed by atoms with van der Waals surface area (Å²) in [4.78, 5) is 13.7. The number of fused-ring (bicyclic) bond motifs is 1. The van der Waals surface area contributed by atoms with E-state index in [0.29, 0.717) is 39.3 Å².